The minimum absolute atomic E-state index is 0.217. The highest BCUT2D eigenvalue weighted by molar-refractivity contribution is 5.94. The monoisotopic (exact) mass is 441 g/mol. The van der Waals surface area contributed by atoms with Gasteiger partial charge in [0, 0.05) is 5.56 Å². The van der Waals surface area contributed by atoms with E-state index >= 15 is 0 Å². The van der Waals surface area contributed by atoms with Gasteiger partial charge in [0.25, 0.3) is 5.91 Å². The van der Waals surface area contributed by atoms with Crippen molar-refractivity contribution in [3.63, 3.8) is 0 Å². The maximum absolute atomic E-state index is 12.8. The average molecular weight is 441 g/mol. The SMILES string of the molecule is NCCCOc1ccc(C(=O)N[C@@H]2CC[C@H](O)[C@@H](n3cnc4c(N)ncnc43)[C@@H]2O)cc1. The van der Waals surface area contributed by atoms with Gasteiger partial charge in [-0.05, 0) is 50.1 Å². The van der Waals surface area contributed by atoms with Gasteiger partial charge in [0.15, 0.2) is 11.5 Å². The van der Waals surface area contributed by atoms with E-state index in [-0.39, 0.29) is 11.7 Å². The average Bonchev–Trinajstić information content (AvgIpc) is 3.22. The highest BCUT2D eigenvalue weighted by Crippen LogP contribution is 2.32. The molecule has 1 amide bonds. The van der Waals surface area contributed by atoms with E-state index in [1.165, 1.54) is 12.7 Å². The molecule has 3 aromatic rings. The summed E-state index contributed by atoms with van der Waals surface area (Å²) >= 11 is 0. The third kappa shape index (κ3) is 4.35. The van der Waals surface area contributed by atoms with Crippen molar-refractivity contribution in [3.8, 4) is 5.75 Å². The Hall–Kier alpha value is -3.28. The fourth-order valence-corrected chi connectivity index (χ4v) is 3.98. The number of carbonyl (C=O) groups is 1. The molecule has 1 aliphatic rings. The Morgan fingerprint density at radius 2 is 1.97 bits per heavy atom. The largest absolute Gasteiger partial charge is 0.494 e. The van der Waals surface area contributed by atoms with Gasteiger partial charge in [0.1, 0.15) is 17.6 Å². The van der Waals surface area contributed by atoms with Gasteiger partial charge in [-0.3, -0.25) is 4.79 Å². The van der Waals surface area contributed by atoms with Crippen molar-refractivity contribution in [2.24, 2.45) is 5.73 Å². The lowest BCUT2D eigenvalue weighted by molar-refractivity contribution is -0.0323. The van der Waals surface area contributed by atoms with Gasteiger partial charge in [0.05, 0.1) is 37.2 Å². The maximum atomic E-state index is 12.8. The van der Waals surface area contributed by atoms with E-state index < -0.39 is 24.3 Å². The number of amides is 1. The van der Waals surface area contributed by atoms with E-state index in [1.54, 1.807) is 28.8 Å². The Kier molecular flexibility index (Phi) is 6.49. The molecule has 1 aliphatic carbocycles. The van der Waals surface area contributed by atoms with Crippen molar-refractivity contribution >= 4 is 22.9 Å². The molecule has 1 aromatic carbocycles. The molecule has 32 heavy (non-hydrogen) atoms. The van der Waals surface area contributed by atoms with Gasteiger partial charge in [0.2, 0.25) is 0 Å². The van der Waals surface area contributed by atoms with Crippen LogP contribution in [0.2, 0.25) is 0 Å². The Morgan fingerprint density at radius 3 is 2.72 bits per heavy atom. The number of ether oxygens (including phenoxy) is 1. The van der Waals surface area contributed by atoms with E-state index in [0.29, 0.717) is 48.5 Å². The van der Waals surface area contributed by atoms with Crippen molar-refractivity contribution in [1.82, 2.24) is 24.8 Å². The minimum Gasteiger partial charge on any atom is -0.494 e. The molecule has 0 spiro atoms. The van der Waals surface area contributed by atoms with Gasteiger partial charge in [-0.25, -0.2) is 15.0 Å². The fourth-order valence-electron chi connectivity index (χ4n) is 3.98. The predicted octanol–water partition coefficient (Wildman–Crippen LogP) is -0.00860. The summed E-state index contributed by atoms with van der Waals surface area (Å²) in [5, 5.41) is 24.5. The van der Waals surface area contributed by atoms with Crippen molar-refractivity contribution in [1.29, 1.82) is 0 Å². The van der Waals surface area contributed by atoms with Crippen LogP contribution < -0.4 is 21.5 Å². The topological polar surface area (TPSA) is 174 Å². The molecule has 170 valence electrons. The summed E-state index contributed by atoms with van der Waals surface area (Å²) in [5.41, 5.74) is 12.6. The minimum atomic E-state index is -1.06. The third-order valence-corrected chi connectivity index (χ3v) is 5.69. The number of nitrogens with one attached hydrogen (secondary N) is 1. The van der Waals surface area contributed by atoms with E-state index in [4.69, 9.17) is 16.2 Å². The number of fused-ring (bicyclic) bond motifs is 1. The van der Waals surface area contributed by atoms with Crippen LogP contribution in [-0.2, 0) is 0 Å². The Morgan fingerprint density at radius 1 is 1.19 bits per heavy atom. The second-order valence-corrected chi connectivity index (χ2v) is 7.80. The number of aliphatic hydroxyl groups excluding tert-OH is 2. The summed E-state index contributed by atoms with van der Waals surface area (Å²) in [7, 11) is 0. The first-order chi connectivity index (χ1) is 15.5. The zero-order valence-corrected chi connectivity index (χ0v) is 17.5. The Labute approximate surface area is 184 Å². The first-order valence-electron chi connectivity index (χ1n) is 10.5. The zero-order chi connectivity index (χ0) is 22.7. The van der Waals surface area contributed by atoms with Crippen LogP contribution in [0.25, 0.3) is 11.2 Å². The molecule has 7 N–H and O–H groups in total. The number of imidazole rings is 1. The molecule has 4 rings (SSSR count). The summed E-state index contributed by atoms with van der Waals surface area (Å²) in [4.78, 5) is 25.1. The first kappa shape index (κ1) is 21.9. The quantitative estimate of drug-likeness (QED) is 0.316. The number of anilines is 1. The molecule has 11 heteroatoms. The van der Waals surface area contributed by atoms with Crippen LogP contribution in [-0.4, -0.2) is 67.0 Å². The smallest absolute Gasteiger partial charge is 0.251 e. The van der Waals surface area contributed by atoms with Gasteiger partial charge < -0.3 is 36.3 Å². The number of aliphatic hydroxyl groups is 2. The van der Waals surface area contributed by atoms with Crippen molar-refractivity contribution in [3.05, 3.63) is 42.5 Å². The zero-order valence-electron chi connectivity index (χ0n) is 17.5. The van der Waals surface area contributed by atoms with Crippen LogP contribution in [0.4, 0.5) is 5.82 Å². The lowest BCUT2D eigenvalue weighted by atomic mass is 9.85. The van der Waals surface area contributed by atoms with Crippen LogP contribution in [0, 0.1) is 0 Å². The van der Waals surface area contributed by atoms with Gasteiger partial charge in [-0.2, -0.15) is 0 Å². The number of nitrogens with two attached hydrogens (primary N) is 2. The van der Waals surface area contributed by atoms with Crippen LogP contribution in [0.15, 0.2) is 36.9 Å². The van der Waals surface area contributed by atoms with Crippen molar-refractivity contribution < 1.29 is 19.7 Å². The molecular weight excluding hydrogens is 414 g/mol. The van der Waals surface area contributed by atoms with Crippen LogP contribution in [0.3, 0.4) is 0 Å². The van der Waals surface area contributed by atoms with E-state index in [0.717, 1.165) is 6.42 Å². The second kappa shape index (κ2) is 9.47. The molecule has 0 unspecified atom stereocenters. The molecule has 2 aromatic heterocycles. The van der Waals surface area contributed by atoms with Crippen molar-refractivity contribution in [2.75, 3.05) is 18.9 Å². The molecule has 4 atom stereocenters. The molecule has 0 saturated heterocycles. The van der Waals surface area contributed by atoms with E-state index in [9.17, 15) is 15.0 Å². The van der Waals surface area contributed by atoms with Crippen molar-refractivity contribution in [2.45, 2.75) is 43.6 Å². The maximum Gasteiger partial charge on any atom is 0.251 e. The van der Waals surface area contributed by atoms with E-state index in [1.807, 2.05) is 0 Å². The van der Waals surface area contributed by atoms with Crippen LogP contribution in [0.5, 0.6) is 5.75 Å². The summed E-state index contributed by atoms with van der Waals surface area (Å²) in [5.74, 6) is 0.553. The van der Waals surface area contributed by atoms with Crippen LogP contribution in [0.1, 0.15) is 35.7 Å². The molecule has 2 heterocycles. The predicted molar refractivity (Wildman–Crippen MR) is 117 cm³/mol. The number of carbonyl (C=O) groups excluding carboxylic acids is 1. The standard InChI is InChI=1S/C21H27N7O4/c22-8-1-9-32-13-4-2-12(3-5-13)21(31)27-14-6-7-15(29)17(18(14)30)28-11-26-16-19(23)24-10-25-20(16)28/h2-5,10-11,14-15,17-18,29-30H,1,6-9,22H2,(H,27,31)(H2,23,24,25)/t14-,15+,17-,18-/m1/s1. The molecule has 0 radical (unpaired) electrons. The van der Waals surface area contributed by atoms with Gasteiger partial charge in [-0.15, -0.1) is 0 Å². The molecule has 0 bridgehead atoms. The fraction of sp³-hybridized carbons (Fsp3) is 0.429. The summed E-state index contributed by atoms with van der Waals surface area (Å²) in [6.45, 7) is 1.06. The number of nitrogens with zero attached hydrogens (tertiary/aromatic N) is 4. The number of hydrogen-bond acceptors (Lipinski definition) is 9. The lowest BCUT2D eigenvalue weighted by Crippen LogP contribution is -2.53. The summed E-state index contributed by atoms with van der Waals surface area (Å²) < 4.78 is 7.14. The lowest BCUT2D eigenvalue weighted by Gasteiger charge is -2.39. The second-order valence-electron chi connectivity index (χ2n) is 7.80. The Balaban J connectivity index is 1.47. The molecule has 1 fully saturated rings. The molecular formula is C21H27N7O4. The summed E-state index contributed by atoms with van der Waals surface area (Å²) in [6.07, 6.45) is 2.45. The first-order valence-corrected chi connectivity index (χ1v) is 10.5. The highest BCUT2D eigenvalue weighted by Gasteiger charge is 2.40. The molecule has 1 saturated carbocycles. The molecule has 0 aliphatic heterocycles. The van der Waals surface area contributed by atoms with Crippen LogP contribution >= 0.6 is 0 Å². The molecule has 11 nitrogen and oxygen atoms in total. The van der Waals surface area contributed by atoms with Gasteiger partial charge in [-0.1, -0.05) is 0 Å². The summed E-state index contributed by atoms with van der Waals surface area (Å²) in [6, 6.07) is 5.46. The Bertz CT molecular complexity index is 1070. The third-order valence-electron chi connectivity index (χ3n) is 5.69. The number of aromatic nitrogens is 4. The number of nitrogen functional groups attached to an aromatic ring is 1. The number of hydrogen-bond donors (Lipinski definition) is 5. The number of benzene rings is 1. The number of rotatable bonds is 7. The van der Waals surface area contributed by atoms with Gasteiger partial charge >= 0.3 is 0 Å². The highest BCUT2D eigenvalue weighted by atomic mass is 16.5. The normalized spacial score (nSPS) is 23.2. The van der Waals surface area contributed by atoms with E-state index in [2.05, 4.69) is 20.3 Å².